The zero-order valence-corrected chi connectivity index (χ0v) is 10.6. The van der Waals surface area contributed by atoms with E-state index < -0.39 is 5.91 Å². The van der Waals surface area contributed by atoms with E-state index in [-0.39, 0.29) is 25.7 Å². The first-order valence-corrected chi connectivity index (χ1v) is 5.62. The van der Waals surface area contributed by atoms with Crippen molar-refractivity contribution in [3.8, 4) is 5.75 Å². The lowest BCUT2D eigenvalue weighted by Gasteiger charge is -2.10. The number of anilines is 1. The first-order valence-electron chi connectivity index (χ1n) is 5.62. The molecule has 0 fully saturated rings. The van der Waals surface area contributed by atoms with Crippen LogP contribution in [-0.2, 0) is 9.53 Å². The van der Waals surface area contributed by atoms with Gasteiger partial charge in [-0.15, -0.1) is 0 Å². The van der Waals surface area contributed by atoms with Gasteiger partial charge in [0.25, 0.3) is 5.91 Å². The molecule has 104 valence electrons. The van der Waals surface area contributed by atoms with Gasteiger partial charge in [-0.3, -0.25) is 9.59 Å². The Hall–Kier alpha value is -2.28. The molecule has 0 atom stereocenters. The predicted molar refractivity (Wildman–Crippen MR) is 69.8 cm³/mol. The first kappa shape index (κ1) is 14.8. The Kier molecular flexibility index (Phi) is 5.62. The van der Waals surface area contributed by atoms with Crippen molar-refractivity contribution in [1.82, 2.24) is 5.32 Å². The van der Waals surface area contributed by atoms with Crippen molar-refractivity contribution in [2.75, 3.05) is 32.6 Å². The number of hydrogen-bond acceptors (Lipinski definition) is 5. The van der Waals surface area contributed by atoms with Crippen LogP contribution in [0.4, 0.5) is 5.69 Å². The van der Waals surface area contributed by atoms with Crippen molar-refractivity contribution in [1.29, 1.82) is 0 Å². The van der Waals surface area contributed by atoms with Crippen molar-refractivity contribution in [3.05, 3.63) is 23.8 Å². The Morgan fingerprint density at radius 3 is 2.74 bits per heavy atom. The average Bonchev–Trinajstić information content (AvgIpc) is 2.37. The van der Waals surface area contributed by atoms with Crippen LogP contribution in [0.3, 0.4) is 0 Å². The van der Waals surface area contributed by atoms with Crippen molar-refractivity contribution < 1.29 is 19.1 Å². The van der Waals surface area contributed by atoms with Gasteiger partial charge >= 0.3 is 0 Å². The third kappa shape index (κ3) is 4.84. The van der Waals surface area contributed by atoms with Gasteiger partial charge < -0.3 is 26.3 Å². The van der Waals surface area contributed by atoms with Crippen LogP contribution in [0.2, 0.25) is 0 Å². The third-order valence-corrected chi connectivity index (χ3v) is 2.25. The maximum absolute atomic E-state index is 11.9. The van der Waals surface area contributed by atoms with Crippen molar-refractivity contribution >= 4 is 17.5 Å². The van der Waals surface area contributed by atoms with Crippen LogP contribution in [0.1, 0.15) is 10.4 Å². The zero-order chi connectivity index (χ0) is 14.3. The fourth-order valence-corrected chi connectivity index (χ4v) is 1.40. The van der Waals surface area contributed by atoms with Crippen molar-refractivity contribution in [2.24, 2.45) is 5.73 Å². The number of carbonyl (C=O) groups is 2. The van der Waals surface area contributed by atoms with E-state index in [0.29, 0.717) is 17.0 Å². The lowest BCUT2D eigenvalue weighted by atomic mass is 10.1. The number of ether oxygens (including phenoxy) is 2. The largest absolute Gasteiger partial charge is 0.496 e. The molecule has 5 N–H and O–H groups in total. The van der Waals surface area contributed by atoms with E-state index in [4.69, 9.17) is 20.9 Å². The second kappa shape index (κ2) is 7.22. The second-order valence-electron chi connectivity index (χ2n) is 3.73. The van der Waals surface area contributed by atoms with Crippen LogP contribution in [0.15, 0.2) is 18.2 Å². The van der Waals surface area contributed by atoms with Crippen molar-refractivity contribution in [2.45, 2.75) is 0 Å². The SMILES string of the molecule is COc1cc(N)ccc1C(=O)NCCOCC(N)=O. The highest BCUT2D eigenvalue weighted by Crippen LogP contribution is 2.21. The summed E-state index contributed by atoms with van der Waals surface area (Å²) in [5.74, 6) is -0.457. The summed E-state index contributed by atoms with van der Waals surface area (Å²) in [4.78, 5) is 22.3. The summed E-state index contributed by atoms with van der Waals surface area (Å²) in [5.41, 5.74) is 11.4. The number of amides is 2. The number of benzene rings is 1. The van der Waals surface area contributed by atoms with E-state index in [0.717, 1.165) is 0 Å². The molecule has 1 rings (SSSR count). The van der Waals surface area contributed by atoms with Crippen LogP contribution in [0.5, 0.6) is 5.75 Å². The molecule has 7 nitrogen and oxygen atoms in total. The Morgan fingerprint density at radius 1 is 1.37 bits per heavy atom. The molecule has 0 aliphatic heterocycles. The van der Waals surface area contributed by atoms with Gasteiger partial charge in [-0.2, -0.15) is 0 Å². The number of carbonyl (C=O) groups excluding carboxylic acids is 2. The molecular weight excluding hydrogens is 250 g/mol. The second-order valence-corrected chi connectivity index (χ2v) is 3.73. The molecule has 7 heteroatoms. The number of primary amides is 1. The summed E-state index contributed by atoms with van der Waals surface area (Å²) >= 11 is 0. The third-order valence-electron chi connectivity index (χ3n) is 2.25. The average molecular weight is 267 g/mol. The number of nitrogen functional groups attached to an aromatic ring is 1. The number of methoxy groups -OCH3 is 1. The number of rotatable bonds is 7. The maximum atomic E-state index is 11.9. The number of hydrogen-bond donors (Lipinski definition) is 3. The van der Waals surface area contributed by atoms with Crippen LogP contribution >= 0.6 is 0 Å². The Bertz CT molecular complexity index is 462. The van der Waals surface area contributed by atoms with E-state index in [1.807, 2.05) is 0 Å². The van der Waals surface area contributed by atoms with Gasteiger partial charge in [-0.1, -0.05) is 0 Å². The highest BCUT2D eigenvalue weighted by molar-refractivity contribution is 5.97. The maximum Gasteiger partial charge on any atom is 0.255 e. The molecule has 0 saturated carbocycles. The van der Waals surface area contributed by atoms with Gasteiger partial charge in [0.1, 0.15) is 12.4 Å². The van der Waals surface area contributed by atoms with Crippen LogP contribution in [-0.4, -0.2) is 38.7 Å². The lowest BCUT2D eigenvalue weighted by molar-refractivity contribution is -0.122. The van der Waals surface area contributed by atoms with Gasteiger partial charge in [-0.25, -0.2) is 0 Å². The molecule has 0 aliphatic rings. The van der Waals surface area contributed by atoms with Crippen molar-refractivity contribution in [3.63, 3.8) is 0 Å². The fourth-order valence-electron chi connectivity index (χ4n) is 1.40. The number of nitrogens with two attached hydrogens (primary N) is 2. The van der Waals surface area contributed by atoms with Gasteiger partial charge in [0.05, 0.1) is 19.3 Å². The first-order chi connectivity index (χ1) is 9.04. The minimum absolute atomic E-state index is 0.166. The summed E-state index contributed by atoms with van der Waals surface area (Å²) in [6.45, 7) is 0.298. The highest BCUT2D eigenvalue weighted by Gasteiger charge is 2.11. The molecule has 0 unspecified atom stereocenters. The molecule has 1 aromatic carbocycles. The molecule has 1 aromatic rings. The summed E-state index contributed by atoms with van der Waals surface area (Å²) in [5, 5.41) is 2.63. The van der Waals surface area contributed by atoms with Gasteiger partial charge in [-0.05, 0) is 12.1 Å². The molecule has 0 bridgehead atoms. The summed E-state index contributed by atoms with van der Waals surface area (Å²) in [7, 11) is 1.46. The molecule has 0 spiro atoms. The van der Waals surface area contributed by atoms with E-state index in [9.17, 15) is 9.59 Å². The van der Waals surface area contributed by atoms with Gasteiger partial charge in [0.2, 0.25) is 5.91 Å². The molecule has 0 heterocycles. The van der Waals surface area contributed by atoms with E-state index in [1.165, 1.54) is 7.11 Å². The highest BCUT2D eigenvalue weighted by atomic mass is 16.5. The fraction of sp³-hybridized carbons (Fsp3) is 0.333. The molecule has 0 aliphatic carbocycles. The topological polar surface area (TPSA) is 117 Å². The Balaban J connectivity index is 2.47. The summed E-state index contributed by atoms with van der Waals surface area (Å²) in [6.07, 6.45) is 0. The van der Waals surface area contributed by atoms with Crippen LogP contribution < -0.4 is 21.5 Å². The lowest BCUT2D eigenvalue weighted by Crippen LogP contribution is -2.29. The zero-order valence-electron chi connectivity index (χ0n) is 10.6. The molecule has 0 radical (unpaired) electrons. The molecule has 0 saturated heterocycles. The molecule has 2 amide bonds. The standard InChI is InChI=1S/C12H17N3O4/c1-18-10-6-8(13)2-3-9(10)12(17)15-4-5-19-7-11(14)16/h2-3,6H,4-5,7,13H2,1H3,(H2,14,16)(H,15,17). The van der Waals surface area contributed by atoms with E-state index in [1.54, 1.807) is 18.2 Å². The Morgan fingerprint density at radius 2 is 2.11 bits per heavy atom. The molecule has 0 aromatic heterocycles. The summed E-state index contributed by atoms with van der Waals surface area (Å²) in [6, 6.07) is 4.76. The molecular formula is C12H17N3O4. The van der Waals surface area contributed by atoms with Gasteiger partial charge in [0.15, 0.2) is 0 Å². The van der Waals surface area contributed by atoms with E-state index in [2.05, 4.69) is 5.32 Å². The summed E-state index contributed by atoms with van der Waals surface area (Å²) < 4.78 is 9.99. The normalized spacial score (nSPS) is 9.95. The van der Waals surface area contributed by atoms with Crippen LogP contribution in [0, 0.1) is 0 Å². The number of nitrogens with one attached hydrogen (secondary N) is 1. The van der Waals surface area contributed by atoms with E-state index >= 15 is 0 Å². The minimum Gasteiger partial charge on any atom is -0.496 e. The quantitative estimate of drug-likeness (QED) is 0.455. The predicted octanol–water partition coefficient (Wildman–Crippen LogP) is -0.491. The van der Waals surface area contributed by atoms with Crippen LogP contribution in [0.25, 0.3) is 0 Å². The van der Waals surface area contributed by atoms with Gasteiger partial charge in [0, 0.05) is 18.3 Å². The smallest absolute Gasteiger partial charge is 0.255 e. The molecule has 19 heavy (non-hydrogen) atoms. The Labute approximate surface area is 110 Å². The monoisotopic (exact) mass is 267 g/mol. The minimum atomic E-state index is -0.550.